The molecular weight excluding hydrogens is 180 g/mol. The van der Waals surface area contributed by atoms with Crippen molar-refractivity contribution in [3.8, 4) is 5.75 Å². The predicted octanol–water partition coefficient (Wildman–Crippen LogP) is 2.04. The van der Waals surface area contributed by atoms with Gasteiger partial charge in [0.05, 0.1) is 0 Å². The van der Waals surface area contributed by atoms with Gasteiger partial charge in [0.25, 0.3) is 0 Å². The van der Waals surface area contributed by atoms with E-state index in [1.165, 1.54) is 0 Å². The molecule has 0 aliphatic carbocycles. The van der Waals surface area contributed by atoms with Gasteiger partial charge in [-0.15, -0.1) is 0 Å². The second-order valence-electron chi connectivity index (χ2n) is 2.89. The van der Waals surface area contributed by atoms with Crippen molar-refractivity contribution < 1.29 is 14.3 Å². The minimum Gasteiger partial charge on any atom is -0.467 e. The number of hydrogen-bond donors (Lipinski definition) is 0. The zero-order chi connectivity index (χ0) is 10.4. The normalized spacial score (nSPS) is 9.86. The van der Waals surface area contributed by atoms with E-state index in [1.54, 1.807) is 19.2 Å². The van der Waals surface area contributed by atoms with Gasteiger partial charge in [-0.2, -0.15) is 0 Å². The molecule has 3 nitrogen and oxygen atoms in total. The summed E-state index contributed by atoms with van der Waals surface area (Å²) in [7, 11) is 1.57. The molecule has 0 saturated heterocycles. The Labute approximate surface area is 83.6 Å². The average molecular weight is 194 g/mol. The van der Waals surface area contributed by atoms with Gasteiger partial charge >= 0.3 is 0 Å². The lowest BCUT2D eigenvalue weighted by molar-refractivity contribution is 0.0504. The van der Waals surface area contributed by atoms with Crippen LogP contribution in [0, 0.1) is 0 Å². The third kappa shape index (κ3) is 2.57. The smallest absolute Gasteiger partial charge is 0.188 e. The Balaban J connectivity index is 2.87. The summed E-state index contributed by atoms with van der Waals surface area (Å²) in [5.41, 5.74) is 1.69. The van der Waals surface area contributed by atoms with Gasteiger partial charge in [-0.1, -0.05) is 6.92 Å². The Morgan fingerprint density at radius 1 is 1.43 bits per heavy atom. The maximum Gasteiger partial charge on any atom is 0.188 e. The van der Waals surface area contributed by atoms with Gasteiger partial charge in [-0.3, -0.25) is 4.79 Å². The van der Waals surface area contributed by atoms with E-state index in [0.717, 1.165) is 24.0 Å². The molecule has 0 aliphatic heterocycles. The van der Waals surface area contributed by atoms with Crippen LogP contribution in [0.5, 0.6) is 5.75 Å². The quantitative estimate of drug-likeness (QED) is 0.531. The van der Waals surface area contributed by atoms with Crippen molar-refractivity contribution in [2.45, 2.75) is 13.3 Å². The number of aryl methyl sites for hydroxylation is 1. The van der Waals surface area contributed by atoms with E-state index in [4.69, 9.17) is 9.47 Å². The minimum atomic E-state index is 0.230. The fourth-order valence-corrected chi connectivity index (χ4v) is 1.21. The molecule has 14 heavy (non-hydrogen) atoms. The van der Waals surface area contributed by atoms with Crippen LogP contribution in [-0.2, 0) is 11.2 Å². The molecule has 1 rings (SSSR count). The standard InChI is InChI=1S/C11H14O3/c1-3-10-6-9(7-12)4-5-11(10)14-8-13-2/h4-7H,3,8H2,1-2H3. The first-order chi connectivity index (χ1) is 6.81. The third-order valence-corrected chi connectivity index (χ3v) is 1.93. The predicted molar refractivity (Wildman–Crippen MR) is 53.7 cm³/mol. The van der Waals surface area contributed by atoms with Crippen LogP contribution in [0.2, 0.25) is 0 Å². The first kappa shape index (κ1) is 10.7. The maximum absolute atomic E-state index is 10.5. The number of hydrogen-bond acceptors (Lipinski definition) is 3. The zero-order valence-electron chi connectivity index (χ0n) is 8.45. The topological polar surface area (TPSA) is 35.5 Å². The molecule has 0 amide bonds. The molecule has 0 spiro atoms. The molecule has 0 bridgehead atoms. The van der Waals surface area contributed by atoms with E-state index in [1.807, 2.05) is 13.0 Å². The van der Waals surface area contributed by atoms with E-state index in [9.17, 15) is 4.79 Å². The average Bonchev–Trinajstić information content (AvgIpc) is 2.26. The number of carbonyl (C=O) groups is 1. The molecule has 0 saturated carbocycles. The van der Waals surface area contributed by atoms with Crippen LogP contribution in [0.4, 0.5) is 0 Å². The molecule has 0 atom stereocenters. The van der Waals surface area contributed by atoms with Crippen molar-refractivity contribution in [3.05, 3.63) is 29.3 Å². The van der Waals surface area contributed by atoms with E-state index in [2.05, 4.69) is 0 Å². The highest BCUT2D eigenvalue weighted by Gasteiger charge is 2.02. The van der Waals surface area contributed by atoms with Crippen LogP contribution in [-0.4, -0.2) is 20.2 Å². The number of rotatable bonds is 5. The summed E-state index contributed by atoms with van der Waals surface area (Å²) in [4.78, 5) is 10.5. The highest BCUT2D eigenvalue weighted by Crippen LogP contribution is 2.20. The molecule has 0 heterocycles. The molecule has 0 aliphatic rings. The Kier molecular flexibility index (Phi) is 4.13. The van der Waals surface area contributed by atoms with E-state index >= 15 is 0 Å². The number of aldehydes is 1. The summed E-state index contributed by atoms with van der Waals surface area (Å²) in [5.74, 6) is 0.778. The lowest BCUT2D eigenvalue weighted by Gasteiger charge is -2.09. The number of carbonyl (C=O) groups excluding carboxylic acids is 1. The lowest BCUT2D eigenvalue weighted by Crippen LogP contribution is -2.01. The molecule has 0 aromatic heterocycles. The van der Waals surface area contributed by atoms with Crippen molar-refractivity contribution in [1.29, 1.82) is 0 Å². The van der Waals surface area contributed by atoms with Crippen molar-refractivity contribution in [2.75, 3.05) is 13.9 Å². The van der Waals surface area contributed by atoms with Crippen molar-refractivity contribution in [1.82, 2.24) is 0 Å². The largest absolute Gasteiger partial charge is 0.467 e. The molecular formula is C11H14O3. The van der Waals surface area contributed by atoms with Gasteiger partial charge in [0.1, 0.15) is 12.0 Å². The Morgan fingerprint density at radius 3 is 2.79 bits per heavy atom. The Bertz CT molecular complexity index is 307. The summed E-state index contributed by atoms with van der Waals surface area (Å²) in [5, 5.41) is 0. The molecule has 0 N–H and O–H groups in total. The van der Waals surface area contributed by atoms with Crippen molar-refractivity contribution >= 4 is 6.29 Å². The molecule has 0 unspecified atom stereocenters. The van der Waals surface area contributed by atoms with Crippen molar-refractivity contribution in [2.24, 2.45) is 0 Å². The van der Waals surface area contributed by atoms with Crippen LogP contribution < -0.4 is 4.74 Å². The van der Waals surface area contributed by atoms with Crippen LogP contribution in [0.15, 0.2) is 18.2 Å². The van der Waals surface area contributed by atoms with Gasteiger partial charge in [-0.25, -0.2) is 0 Å². The third-order valence-electron chi connectivity index (χ3n) is 1.93. The maximum atomic E-state index is 10.5. The summed E-state index contributed by atoms with van der Waals surface area (Å²) in [6.45, 7) is 2.25. The lowest BCUT2D eigenvalue weighted by atomic mass is 10.1. The number of ether oxygens (including phenoxy) is 2. The highest BCUT2D eigenvalue weighted by molar-refractivity contribution is 5.75. The Hall–Kier alpha value is -1.35. The zero-order valence-corrected chi connectivity index (χ0v) is 8.45. The highest BCUT2D eigenvalue weighted by atomic mass is 16.7. The van der Waals surface area contributed by atoms with Crippen LogP contribution in [0.3, 0.4) is 0 Å². The van der Waals surface area contributed by atoms with E-state index < -0.39 is 0 Å². The molecule has 3 heteroatoms. The number of benzene rings is 1. The van der Waals surface area contributed by atoms with E-state index in [-0.39, 0.29) is 6.79 Å². The van der Waals surface area contributed by atoms with Crippen molar-refractivity contribution in [3.63, 3.8) is 0 Å². The minimum absolute atomic E-state index is 0.230. The van der Waals surface area contributed by atoms with Crippen LogP contribution in [0.1, 0.15) is 22.8 Å². The Morgan fingerprint density at radius 2 is 2.21 bits per heavy atom. The molecule has 0 radical (unpaired) electrons. The summed E-state index contributed by atoms with van der Waals surface area (Å²) >= 11 is 0. The summed E-state index contributed by atoms with van der Waals surface area (Å²) < 4.78 is 10.1. The monoisotopic (exact) mass is 194 g/mol. The fourth-order valence-electron chi connectivity index (χ4n) is 1.21. The van der Waals surface area contributed by atoms with Gasteiger partial charge in [0, 0.05) is 12.7 Å². The van der Waals surface area contributed by atoms with Gasteiger partial charge < -0.3 is 9.47 Å². The molecule has 0 fully saturated rings. The SMILES string of the molecule is CCc1cc(C=O)ccc1OCOC. The van der Waals surface area contributed by atoms with Gasteiger partial charge in [0.15, 0.2) is 6.79 Å². The first-order valence-corrected chi connectivity index (χ1v) is 4.51. The summed E-state index contributed by atoms with van der Waals surface area (Å²) in [6, 6.07) is 5.36. The molecule has 1 aromatic rings. The van der Waals surface area contributed by atoms with E-state index in [0.29, 0.717) is 5.56 Å². The first-order valence-electron chi connectivity index (χ1n) is 4.51. The fraction of sp³-hybridized carbons (Fsp3) is 0.364. The molecule has 1 aromatic carbocycles. The van der Waals surface area contributed by atoms with Crippen LogP contribution in [0.25, 0.3) is 0 Å². The summed E-state index contributed by atoms with van der Waals surface area (Å²) in [6.07, 6.45) is 1.67. The second-order valence-corrected chi connectivity index (χ2v) is 2.89. The van der Waals surface area contributed by atoms with Crippen LogP contribution >= 0.6 is 0 Å². The molecule has 76 valence electrons. The van der Waals surface area contributed by atoms with Gasteiger partial charge in [-0.05, 0) is 30.2 Å². The number of methoxy groups -OCH3 is 1. The second kappa shape index (κ2) is 5.40. The van der Waals surface area contributed by atoms with Gasteiger partial charge in [0.2, 0.25) is 0 Å².